The summed E-state index contributed by atoms with van der Waals surface area (Å²) in [5, 5.41) is 4.42. The van der Waals surface area contributed by atoms with Crippen LogP contribution < -0.4 is 4.72 Å². The molecular formula is C16H12Cl3N3O2S. The Hall–Kier alpha value is -1.73. The van der Waals surface area contributed by atoms with Crippen molar-refractivity contribution in [3.8, 4) is 0 Å². The zero-order chi connectivity index (χ0) is 18.0. The van der Waals surface area contributed by atoms with Gasteiger partial charge in [-0.05, 0) is 35.9 Å². The minimum Gasteiger partial charge on any atom is -0.280 e. The zero-order valence-corrected chi connectivity index (χ0v) is 15.7. The zero-order valence-electron chi connectivity index (χ0n) is 12.7. The predicted octanol–water partition coefficient (Wildman–Crippen LogP) is 4.69. The molecule has 0 aliphatic heterocycles. The smallest absolute Gasteiger partial charge is 0.263 e. The minimum atomic E-state index is -3.89. The van der Waals surface area contributed by atoms with E-state index >= 15 is 0 Å². The molecule has 9 heteroatoms. The van der Waals surface area contributed by atoms with Crippen molar-refractivity contribution in [3.05, 3.63) is 75.5 Å². The Morgan fingerprint density at radius 1 is 1.00 bits per heavy atom. The second-order valence-corrected chi connectivity index (χ2v) is 8.08. The third kappa shape index (κ3) is 4.27. The first-order chi connectivity index (χ1) is 11.8. The van der Waals surface area contributed by atoms with Crippen LogP contribution in [0.3, 0.4) is 0 Å². The molecular weight excluding hydrogens is 405 g/mol. The molecule has 1 N–H and O–H groups in total. The lowest BCUT2D eigenvalue weighted by molar-refractivity contribution is 0.601. The Kier molecular flexibility index (Phi) is 5.24. The molecule has 0 fully saturated rings. The van der Waals surface area contributed by atoms with Crippen molar-refractivity contribution < 1.29 is 8.42 Å². The van der Waals surface area contributed by atoms with Gasteiger partial charge in [0.25, 0.3) is 10.0 Å². The topological polar surface area (TPSA) is 64.0 Å². The number of rotatable bonds is 5. The number of sulfonamides is 1. The van der Waals surface area contributed by atoms with Gasteiger partial charge in [-0.15, -0.1) is 0 Å². The molecule has 5 nitrogen and oxygen atoms in total. The quantitative estimate of drug-likeness (QED) is 0.614. The van der Waals surface area contributed by atoms with Crippen molar-refractivity contribution in [2.24, 2.45) is 0 Å². The summed E-state index contributed by atoms with van der Waals surface area (Å²) >= 11 is 17.7. The van der Waals surface area contributed by atoms with Gasteiger partial charge in [-0.2, -0.15) is 5.10 Å². The summed E-state index contributed by atoms with van der Waals surface area (Å²) < 4.78 is 29.3. The van der Waals surface area contributed by atoms with Gasteiger partial charge in [-0.25, -0.2) is 8.42 Å². The van der Waals surface area contributed by atoms with Crippen LogP contribution in [-0.4, -0.2) is 18.2 Å². The number of nitrogens with zero attached hydrogens (tertiary/aromatic N) is 2. The fourth-order valence-electron chi connectivity index (χ4n) is 2.18. The minimum absolute atomic E-state index is 0.00259. The molecule has 1 heterocycles. The Balaban J connectivity index is 1.80. The number of halogens is 3. The third-order valence-electron chi connectivity index (χ3n) is 3.37. The van der Waals surface area contributed by atoms with Crippen molar-refractivity contribution in [2.75, 3.05) is 4.72 Å². The number of benzene rings is 2. The summed E-state index contributed by atoms with van der Waals surface area (Å²) in [7, 11) is -3.89. The maximum Gasteiger partial charge on any atom is 0.263 e. The molecule has 1 aromatic heterocycles. The molecule has 0 amide bonds. The van der Waals surface area contributed by atoms with E-state index in [9.17, 15) is 8.42 Å². The number of hydrogen-bond donors (Lipinski definition) is 1. The van der Waals surface area contributed by atoms with E-state index in [0.29, 0.717) is 12.2 Å². The summed E-state index contributed by atoms with van der Waals surface area (Å²) in [6.07, 6.45) is 3.55. The van der Waals surface area contributed by atoms with Crippen LogP contribution >= 0.6 is 34.8 Å². The first-order valence-electron chi connectivity index (χ1n) is 7.09. The summed E-state index contributed by atoms with van der Waals surface area (Å²) in [6.45, 7) is 0.596. The summed E-state index contributed by atoms with van der Waals surface area (Å²) in [6, 6.07) is 11.3. The Morgan fingerprint density at radius 2 is 1.68 bits per heavy atom. The van der Waals surface area contributed by atoms with E-state index in [-0.39, 0.29) is 20.0 Å². The lowest BCUT2D eigenvalue weighted by atomic mass is 10.2. The van der Waals surface area contributed by atoms with Crippen molar-refractivity contribution >= 4 is 50.5 Å². The standard InChI is InChI=1S/C16H12Cl3N3O2S/c17-13-8-15(19)16(9-14(13)18)25(23,24)21-12-4-2-11(3-5-12)10-22-7-1-6-20-22/h1-9,21H,10H2. The number of nitrogens with one attached hydrogen (secondary N) is 1. The highest BCUT2D eigenvalue weighted by Gasteiger charge is 2.20. The van der Waals surface area contributed by atoms with Gasteiger partial charge in [-0.3, -0.25) is 9.40 Å². The fraction of sp³-hybridized carbons (Fsp3) is 0.0625. The van der Waals surface area contributed by atoms with Gasteiger partial charge in [0.05, 0.1) is 21.6 Å². The molecule has 130 valence electrons. The van der Waals surface area contributed by atoms with Crippen LogP contribution in [0.5, 0.6) is 0 Å². The number of aromatic nitrogens is 2. The second-order valence-electron chi connectivity index (χ2n) is 5.20. The normalized spacial score (nSPS) is 11.5. The molecule has 0 saturated heterocycles. The van der Waals surface area contributed by atoms with Crippen LogP contribution in [0.1, 0.15) is 5.56 Å². The molecule has 3 rings (SSSR count). The summed E-state index contributed by atoms with van der Waals surface area (Å²) in [5.41, 5.74) is 1.39. The van der Waals surface area contributed by atoms with E-state index in [4.69, 9.17) is 34.8 Å². The van der Waals surface area contributed by atoms with E-state index in [1.807, 2.05) is 24.4 Å². The second kappa shape index (κ2) is 7.25. The SMILES string of the molecule is O=S(=O)(Nc1ccc(Cn2cccn2)cc1)c1cc(Cl)c(Cl)cc1Cl. The van der Waals surface area contributed by atoms with E-state index in [1.54, 1.807) is 23.0 Å². The molecule has 0 aliphatic rings. The molecule has 0 atom stereocenters. The molecule has 0 radical (unpaired) electrons. The molecule has 2 aromatic carbocycles. The largest absolute Gasteiger partial charge is 0.280 e. The molecule has 25 heavy (non-hydrogen) atoms. The number of hydrogen-bond acceptors (Lipinski definition) is 3. The highest BCUT2D eigenvalue weighted by atomic mass is 35.5. The molecule has 0 aliphatic carbocycles. The van der Waals surface area contributed by atoms with Gasteiger partial charge in [0.2, 0.25) is 0 Å². The molecule has 0 spiro atoms. The van der Waals surface area contributed by atoms with Gasteiger partial charge >= 0.3 is 0 Å². The van der Waals surface area contributed by atoms with Gasteiger partial charge in [0.15, 0.2) is 0 Å². The monoisotopic (exact) mass is 415 g/mol. The van der Waals surface area contributed by atoms with E-state index in [1.165, 1.54) is 12.1 Å². The van der Waals surface area contributed by atoms with Crippen molar-refractivity contribution in [2.45, 2.75) is 11.4 Å². The molecule has 3 aromatic rings. The Labute approximate surface area is 160 Å². The lowest BCUT2D eigenvalue weighted by Crippen LogP contribution is -2.13. The van der Waals surface area contributed by atoms with Crippen molar-refractivity contribution in [1.82, 2.24) is 9.78 Å². The summed E-state index contributed by atoms with van der Waals surface area (Å²) in [4.78, 5) is -0.135. The van der Waals surface area contributed by atoms with Gasteiger partial charge in [-0.1, -0.05) is 46.9 Å². The third-order valence-corrected chi connectivity index (χ3v) is 5.94. The molecule has 0 unspecified atom stereocenters. The predicted molar refractivity (Wildman–Crippen MR) is 100 cm³/mol. The van der Waals surface area contributed by atoms with Gasteiger partial charge < -0.3 is 0 Å². The first-order valence-corrected chi connectivity index (χ1v) is 9.70. The highest BCUT2D eigenvalue weighted by Crippen LogP contribution is 2.32. The van der Waals surface area contributed by atoms with Crippen molar-refractivity contribution in [3.63, 3.8) is 0 Å². The van der Waals surface area contributed by atoms with Crippen LogP contribution in [0.2, 0.25) is 15.1 Å². The number of anilines is 1. The van der Waals surface area contributed by atoms with Crippen molar-refractivity contribution in [1.29, 1.82) is 0 Å². The van der Waals surface area contributed by atoms with Crippen LogP contribution in [0, 0.1) is 0 Å². The average Bonchev–Trinajstić information content (AvgIpc) is 3.05. The van der Waals surface area contributed by atoms with E-state index < -0.39 is 10.0 Å². The van der Waals surface area contributed by atoms with Crippen LogP contribution in [-0.2, 0) is 16.6 Å². The van der Waals surface area contributed by atoms with Gasteiger partial charge in [0, 0.05) is 18.1 Å². The van der Waals surface area contributed by atoms with Gasteiger partial charge in [0.1, 0.15) is 4.90 Å². The van der Waals surface area contributed by atoms with Crippen LogP contribution in [0.25, 0.3) is 0 Å². The van der Waals surface area contributed by atoms with Crippen LogP contribution in [0.4, 0.5) is 5.69 Å². The summed E-state index contributed by atoms with van der Waals surface area (Å²) in [5.74, 6) is 0. The average molecular weight is 417 g/mol. The highest BCUT2D eigenvalue weighted by molar-refractivity contribution is 7.92. The first kappa shape index (κ1) is 18.1. The molecule has 0 saturated carbocycles. The maximum absolute atomic E-state index is 12.5. The van der Waals surface area contributed by atoms with E-state index in [0.717, 1.165) is 5.56 Å². The maximum atomic E-state index is 12.5. The Morgan fingerprint density at radius 3 is 2.32 bits per heavy atom. The van der Waals surface area contributed by atoms with E-state index in [2.05, 4.69) is 9.82 Å². The fourth-order valence-corrected chi connectivity index (χ4v) is 4.24. The Bertz CT molecular complexity index is 988. The molecule has 0 bridgehead atoms. The lowest BCUT2D eigenvalue weighted by Gasteiger charge is -2.11. The van der Waals surface area contributed by atoms with Crippen LogP contribution in [0.15, 0.2) is 59.8 Å².